The van der Waals surface area contributed by atoms with Crippen molar-refractivity contribution in [3.05, 3.63) is 0 Å². The average molecular weight is 426 g/mol. The third-order valence-corrected chi connectivity index (χ3v) is 13.1. The molecule has 2 unspecified atom stereocenters. The zero-order valence-electron chi connectivity index (χ0n) is 17.9. The zero-order valence-corrected chi connectivity index (χ0v) is 20.6. The lowest BCUT2D eigenvalue weighted by Crippen LogP contribution is -2.46. The third kappa shape index (κ3) is 6.45. The molecule has 0 N–H and O–H groups in total. The van der Waals surface area contributed by atoms with Crippen LogP contribution in [0.15, 0.2) is 0 Å². The van der Waals surface area contributed by atoms with Gasteiger partial charge >= 0.3 is 0 Å². The summed E-state index contributed by atoms with van der Waals surface area (Å²) < 4.78 is 54.0. The van der Waals surface area contributed by atoms with Crippen molar-refractivity contribution in [3.63, 3.8) is 0 Å². The molecule has 26 heavy (non-hydrogen) atoms. The maximum absolute atomic E-state index is 12.6. The Balaban J connectivity index is 3.03. The predicted octanol–water partition coefficient (Wildman–Crippen LogP) is 2.48. The zero-order chi connectivity index (χ0) is 20.7. The highest BCUT2D eigenvalue weighted by Crippen LogP contribution is 2.47. The molecular weight excluding hydrogens is 390 g/mol. The molecule has 0 aliphatic carbocycles. The van der Waals surface area contributed by atoms with Crippen LogP contribution in [0, 0.1) is 0 Å². The molecule has 10 heteroatoms. The third-order valence-electron chi connectivity index (χ3n) is 5.74. The molecule has 0 saturated carbocycles. The highest BCUT2D eigenvalue weighted by molar-refractivity contribution is 7.86. The minimum Gasteiger partial charge on any atom is -0.412 e. The molecule has 1 rings (SSSR count). The topological polar surface area (TPSA) is 78.9 Å². The van der Waals surface area contributed by atoms with Crippen molar-refractivity contribution in [1.82, 2.24) is 0 Å². The molecular formula is C16H36BO6PSSi. The van der Waals surface area contributed by atoms with Gasteiger partial charge in [-0.25, -0.2) is 0 Å². The Labute approximate surface area is 161 Å². The number of ether oxygens (including phenoxy) is 1. The maximum Gasteiger partial charge on any atom is 0.264 e. The Morgan fingerprint density at radius 3 is 2.15 bits per heavy atom. The highest BCUT2D eigenvalue weighted by atomic mass is 32.2. The van der Waals surface area contributed by atoms with Gasteiger partial charge in [0.15, 0.2) is 8.32 Å². The fraction of sp³-hybridized carbons (Fsp3) is 1.00. The fourth-order valence-corrected chi connectivity index (χ4v) is 5.89. The van der Waals surface area contributed by atoms with E-state index in [1.807, 2.05) is 7.85 Å². The summed E-state index contributed by atoms with van der Waals surface area (Å²) >= 11 is 0. The Bertz CT molecular complexity index is 642. The Kier molecular flexibility index (Phi) is 7.50. The molecule has 0 aromatic carbocycles. The van der Waals surface area contributed by atoms with Crippen molar-refractivity contribution >= 4 is 33.4 Å². The van der Waals surface area contributed by atoms with Crippen LogP contribution < -0.4 is 0 Å². The number of hydrogen-bond acceptors (Lipinski definition) is 6. The molecule has 1 heterocycles. The first kappa shape index (κ1) is 24.4. The number of rotatable bonds is 7. The molecule has 5 atom stereocenters. The Morgan fingerprint density at radius 1 is 1.27 bits per heavy atom. The Hall–Kier alpha value is 0.342. The van der Waals surface area contributed by atoms with Crippen LogP contribution in [0.5, 0.6) is 0 Å². The molecule has 0 amide bonds. The fourth-order valence-electron chi connectivity index (χ4n) is 2.76. The van der Waals surface area contributed by atoms with Crippen LogP contribution in [0.4, 0.5) is 0 Å². The van der Waals surface area contributed by atoms with E-state index in [4.69, 9.17) is 13.3 Å². The first-order valence-corrected chi connectivity index (χ1v) is 16.5. The predicted molar refractivity (Wildman–Crippen MR) is 113 cm³/mol. The first-order chi connectivity index (χ1) is 11.3. The smallest absolute Gasteiger partial charge is 0.264 e. The van der Waals surface area contributed by atoms with E-state index in [1.54, 1.807) is 20.3 Å². The van der Waals surface area contributed by atoms with Crippen molar-refractivity contribution in [1.29, 1.82) is 0 Å². The van der Waals surface area contributed by atoms with Crippen molar-refractivity contribution < 1.29 is 26.3 Å². The van der Waals surface area contributed by atoms with Gasteiger partial charge in [-0.05, 0) is 31.5 Å². The van der Waals surface area contributed by atoms with E-state index in [9.17, 15) is 13.0 Å². The van der Waals surface area contributed by atoms with Gasteiger partial charge in [-0.3, -0.25) is 4.18 Å². The van der Waals surface area contributed by atoms with Crippen molar-refractivity contribution in [2.45, 2.75) is 82.2 Å². The highest BCUT2D eigenvalue weighted by Gasteiger charge is 2.47. The first-order valence-electron chi connectivity index (χ1n) is 9.11. The molecule has 0 aromatic rings. The average Bonchev–Trinajstić information content (AvgIpc) is 2.72. The van der Waals surface area contributed by atoms with Gasteiger partial charge < -0.3 is 13.7 Å². The quantitative estimate of drug-likeness (QED) is 0.354. The second kappa shape index (κ2) is 7.99. The molecule has 0 spiro atoms. The van der Waals surface area contributed by atoms with Crippen molar-refractivity contribution in [3.8, 4) is 0 Å². The summed E-state index contributed by atoms with van der Waals surface area (Å²) in [6.45, 7) is 16.0. The number of hydrogen-bond donors (Lipinski definition) is 0. The van der Waals surface area contributed by atoms with E-state index in [0.29, 0.717) is 6.42 Å². The summed E-state index contributed by atoms with van der Waals surface area (Å²) in [5.41, 5.74) is -0.430. The van der Waals surface area contributed by atoms with Crippen LogP contribution in [-0.2, 0) is 28.0 Å². The summed E-state index contributed by atoms with van der Waals surface area (Å²) in [7, 11) is -6.29. The second-order valence-corrected chi connectivity index (χ2v) is 19.5. The summed E-state index contributed by atoms with van der Waals surface area (Å²) in [6, 6.07) is -0.167. The minimum atomic E-state index is -3.69. The molecule has 0 aromatic heterocycles. The van der Waals surface area contributed by atoms with Crippen LogP contribution in [0.25, 0.3) is 0 Å². The summed E-state index contributed by atoms with van der Waals surface area (Å²) in [4.78, 5) is 0. The van der Waals surface area contributed by atoms with Crippen LogP contribution in [-0.4, -0.2) is 74.1 Å². The molecule has 154 valence electrons. The largest absolute Gasteiger partial charge is 0.412 e. The lowest BCUT2D eigenvalue weighted by Gasteiger charge is -2.39. The Morgan fingerprint density at radius 2 is 1.77 bits per heavy atom. The van der Waals surface area contributed by atoms with E-state index in [0.717, 1.165) is 6.26 Å². The van der Waals surface area contributed by atoms with E-state index < -0.39 is 43.4 Å². The SMILES string of the molecule is B[C@@H]1O[C@H](C(OS(C)(=O)=O)C(C)P(C)(C)=O)C[C@@H]1O[Si](C)(C)C(C)(C)C. The lowest BCUT2D eigenvalue weighted by molar-refractivity contribution is -0.00163. The standard InChI is InChI=1S/C16H36BO6PSSi/c1-11(24(5,6)18)14(22-25(7,19)20)12-10-13(15(17)21-12)23-26(8,9)16(2,3)4/h11-15H,10,17H2,1-9H3/t11?,12-,13-,14?,15+/m0/s1. The van der Waals surface area contributed by atoms with Gasteiger partial charge in [0, 0.05) is 18.1 Å². The summed E-state index contributed by atoms with van der Waals surface area (Å²) in [5, 5.41) is 0.0727. The van der Waals surface area contributed by atoms with Crippen LogP contribution >= 0.6 is 7.14 Å². The maximum atomic E-state index is 12.6. The van der Waals surface area contributed by atoms with Crippen LogP contribution in [0.3, 0.4) is 0 Å². The second-order valence-electron chi connectivity index (χ2n) is 9.47. The molecule has 1 saturated heterocycles. The van der Waals surface area contributed by atoms with Crippen LogP contribution in [0.1, 0.15) is 34.1 Å². The monoisotopic (exact) mass is 426 g/mol. The molecule has 1 aliphatic heterocycles. The molecule has 0 bridgehead atoms. The van der Waals surface area contributed by atoms with Crippen molar-refractivity contribution in [2.24, 2.45) is 0 Å². The van der Waals surface area contributed by atoms with Gasteiger partial charge in [-0.1, -0.05) is 27.7 Å². The molecule has 0 radical (unpaired) electrons. The molecule has 6 nitrogen and oxygen atoms in total. The summed E-state index contributed by atoms with van der Waals surface area (Å²) in [5.74, 6) is 0. The lowest BCUT2D eigenvalue weighted by atomic mass is 9.94. The van der Waals surface area contributed by atoms with Crippen LogP contribution in [0.2, 0.25) is 18.1 Å². The van der Waals surface area contributed by atoms with Gasteiger partial charge in [-0.15, -0.1) is 0 Å². The van der Waals surface area contributed by atoms with E-state index in [2.05, 4.69) is 33.9 Å². The molecule has 1 fully saturated rings. The van der Waals surface area contributed by atoms with Gasteiger partial charge in [0.2, 0.25) is 0 Å². The summed E-state index contributed by atoms with van der Waals surface area (Å²) in [6.07, 6.45) is 0.203. The van der Waals surface area contributed by atoms with Gasteiger partial charge in [0.05, 0.1) is 25.6 Å². The minimum absolute atomic E-state index is 0.0727. The van der Waals surface area contributed by atoms with Gasteiger partial charge in [0.25, 0.3) is 10.1 Å². The van der Waals surface area contributed by atoms with E-state index in [1.165, 1.54) is 0 Å². The van der Waals surface area contributed by atoms with E-state index >= 15 is 0 Å². The van der Waals surface area contributed by atoms with Gasteiger partial charge in [-0.2, -0.15) is 8.42 Å². The molecule has 1 aliphatic rings. The van der Waals surface area contributed by atoms with Gasteiger partial charge in [0.1, 0.15) is 14.0 Å². The van der Waals surface area contributed by atoms with Crippen molar-refractivity contribution in [2.75, 3.05) is 19.6 Å². The van der Waals surface area contributed by atoms with E-state index in [-0.39, 0.29) is 17.1 Å². The normalized spacial score (nSPS) is 28.1.